The Labute approximate surface area is 116 Å². The molecule has 0 spiro atoms. The van der Waals surface area contributed by atoms with Crippen LogP contribution in [0.3, 0.4) is 0 Å². The standard InChI is InChI=1S/C14H16N4O2/c1-16-7-9-17(10-8-16)14-6-5-11-12(15-14)3-2-4-13(11)18(19)20/h2-6H,7-10H2,1H3. The first-order chi connectivity index (χ1) is 9.65. The molecular weight excluding hydrogens is 256 g/mol. The molecule has 6 heteroatoms. The maximum Gasteiger partial charge on any atom is 0.278 e. The van der Waals surface area contributed by atoms with Gasteiger partial charge in [0.15, 0.2) is 0 Å². The molecular formula is C14H16N4O2. The third-order valence-corrected chi connectivity index (χ3v) is 3.72. The van der Waals surface area contributed by atoms with E-state index >= 15 is 0 Å². The molecule has 3 rings (SSSR count). The number of nitro groups is 1. The second-order valence-corrected chi connectivity index (χ2v) is 5.06. The van der Waals surface area contributed by atoms with E-state index in [1.54, 1.807) is 12.1 Å². The number of likely N-dealkylation sites (N-methyl/N-ethyl adjacent to an activating group) is 1. The van der Waals surface area contributed by atoms with E-state index in [9.17, 15) is 10.1 Å². The lowest BCUT2D eigenvalue weighted by Crippen LogP contribution is -2.44. The zero-order valence-corrected chi connectivity index (χ0v) is 11.3. The van der Waals surface area contributed by atoms with Crippen LogP contribution in [0.15, 0.2) is 30.3 Å². The van der Waals surface area contributed by atoms with Crippen molar-refractivity contribution in [2.45, 2.75) is 0 Å². The molecule has 0 radical (unpaired) electrons. The number of nitrogens with zero attached hydrogens (tertiary/aromatic N) is 4. The minimum absolute atomic E-state index is 0.111. The fourth-order valence-corrected chi connectivity index (χ4v) is 2.50. The van der Waals surface area contributed by atoms with Crippen LogP contribution in [0.5, 0.6) is 0 Å². The second kappa shape index (κ2) is 5.05. The van der Waals surface area contributed by atoms with Crippen LogP contribution in [0.4, 0.5) is 11.5 Å². The van der Waals surface area contributed by atoms with E-state index in [1.165, 1.54) is 6.07 Å². The van der Waals surface area contributed by atoms with Gasteiger partial charge in [0.2, 0.25) is 0 Å². The molecule has 2 aromatic rings. The third kappa shape index (κ3) is 2.30. The highest BCUT2D eigenvalue weighted by Gasteiger charge is 2.17. The highest BCUT2D eigenvalue weighted by molar-refractivity contribution is 5.89. The van der Waals surface area contributed by atoms with Crippen molar-refractivity contribution in [1.29, 1.82) is 0 Å². The van der Waals surface area contributed by atoms with Crippen molar-refractivity contribution in [2.24, 2.45) is 0 Å². The van der Waals surface area contributed by atoms with Gasteiger partial charge < -0.3 is 9.80 Å². The number of pyridine rings is 1. The lowest BCUT2D eigenvalue weighted by atomic mass is 10.2. The first-order valence-corrected chi connectivity index (χ1v) is 6.63. The summed E-state index contributed by atoms with van der Waals surface area (Å²) in [6.07, 6.45) is 0. The lowest BCUT2D eigenvalue weighted by molar-refractivity contribution is -0.383. The summed E-state index contributed by atoms with van der Waals surface area (Å²) >= 11 is 0. The highest BCUT2D eigenvalue weighted by Crippen LogP contribution is 2.26. The smallest absolute Gasteiger partial charge is 0.278 e. The summed E-state index contributed by atoms with van der Waals surface area (Å²) in [7, 11) is 2.11. The zero-order chi connectivity index (χ0) is 14.1. The van der Waals surface area contributed by atoms with Crippen molar-refractivity contribution in [3.05, 3.63) is 40.4 Å². The predicted molar refractivity (Wildman–Crippen MR) is 78.1 cm³/mol. The van der Waals surface area contributed by atoms with E-state index in [4.69, 9.17) is 0 Å². The van der Waals surface area contributed by atoms with E-state index in [0.29, 0.717) is 10.9 Å². The van der Waals surface area contributed by atoms with Crippen molar-refractivity contribution in [3.63, 3.8) is 0 Å². The van der Waals surface area contributed by atoms with Gasteiger partial charge in [-0.05, 0) is 25.2 Å². The monoisotopic (exact) mass is 272 g/mol. The average Bonchev–Trinajstić information content (AvgIpc) is 2.46. The van der Waals surface area contributed by atoms with Crippen LogP contribution < -0.4 is 4.90 Å². The van der Waals surface area contributed by atoms with Crippen LogP contribution in [0.1, 0.15) is 0 Å². The molecule has 0 saturated carbocycles. The Morgan fingerprint density at radius 1 is 1.15 bits per heavy atom. The van der Waals surface area contributed by atoms with Crippen molar-refractivity contribution >= 4 is 22.4 Å². The van der Waals surface area contributed by atoms with Crippen LogP contribution in [0, 0.1) is 10.1 Å². The number of non-ortho nitro benzene ring substituents is 1. The Morgan fingerprint density at radius 3 is 2.60 bits per heavy atom. The topological polar surface area (TPSA) is 62.5 Å². The van der Waals surface area contributed by atoms with Gasteiger partial charge in [0.25, 0.3) is 5.69 Å². The molecule has 0 N–H and O–H groups in total. The largest absolute Gasteiger partial charge is 0.354 e. The summed E-state index contributed by atoms with van der Waals surface area (Å²) in [5, 5.41) is 11.6. The van der Waals surface area contributed by atoms with Gasteiger partial charge in [0, 0.05) is 32.2 Å². The van der Waals surface area contributed by atoms with Crippen molar-refractivity contribution in [3.8, 4) is 0 Å². The van der Waals surface area contributed by atoms with Gasteiger partial charge in [0.1, 0.15) is 5.82 Å². The molecule has 1 saturated heterocycles. The number of aromatic nitrogens is 1. The molecule has 2 heterocycles. The first-order valence-electron chi connectivity index (χ1n) is 6.63. The highest BCUT2D eigenvalue weighted by atomic mass is 16.6. The van der Waals surface area contributed by atoms with E-state index in [-0.39, 0.29) is 10.6 Å². The lowest BCUT2D eigenvalue weighted by Gasteiger charge is -2.33. The Bertz CT molecular complexity index is 651. The van der Waals surface area contributed by atoms with Crippen molar-refractivity contribution in [2.75, 3.05) is 38.1 Å². The molecule has 0 amide bonds. The molecule has 1 aliphatic heterocycles. The quantitative estimate of drug-likeness (QED) is 0.617. The average molecular weight is 272 g/mol. The van der Waals surface area contributed by atoms with Crippen LogP contribution >= 0.6 is 0 Å². The van der Waals surface area contributed by atoms with Crippen LogP contribution in [0.25, 0.3) is 10.9 Å². The van der Waals surface area contributed by atoms with Gasteiger partial charge in [-0.25, -0.2) is 4.98 Å². The summed E-state index contributed by atoms with van der Waals surface area (Å²) in [5.41, 5.74) is 0.788. The van der Waals surface area contributed by atoms with Gasteiger partial charge in [-0.1, -0.05) is 6.07 Å². The van der Waals surface area contributed by atoms with E-state index < -0.39 is 0 Å². The normalized spacial score (nSPS) is 16.6. The number of hydrogen-bond donors (Lipinski definition) is 0. The molecule has 104 valence electrons. The Balaban J connectivity index is 1.97. The number of fused-ring (bicyclic) bond motifs is 1. The molecule has 0 bridgehead atoms. The molecule has 1 aliphatic rings. The minimum Gasteiger partial charge on any atom is -0.354 e. The van der Waals surface area contributed by atoms with Crippen LogP contribution in [0.2, 0.25) is 0 Å². The fraction of sp³-hybridized carbons (Fsp3) is 0.357. The third-order valence-electron chi connectivity index (χ3n) is 3.72. The van der Waals surface area contributed by atoms with Gasteiger partial charge in [-0.15, -0.1) is 0 Å². The number of piperazine rings is 1. The number of anilines is 1. The Morgan fingerprint density at radius 2 is 1.90 bits per heavy atom. The molecule has 20 heavy (non-hydrogen) atoms. The van der Waals surface area contributed by atoms with E-state index in [2.05, 4.69) is 21.8 Å². The van der Waals surface area contributed by atoms with Gasteiger partial charge >= 0.3 is 0 Å². The fourth-order valence-electron chi connectivity index (χ4n) is 2.50. The molecule has 1 aromatic heterocycles. The molecule has 0 atom stereocenters. The van der Waals surface area contributed by atoms with Crippen LogP contribution in [-0.2, 0) is 0 Å². The predicted octanol–water partition coefficient (Wildman–Crippen LogP) is 1.89. The number of nitro benzene ring substituents is 1. The van der Waals surface area contributed by atoms with Gasteiger partial charge in [-0.2, -0.15) is 0 Å². The molecule has 1 fully saturated rings. The molecule has 6 nitrogen and oxygen atoms in total. The number of rotatable bonds is 2. The van der Waals surface area contributed by atoms with Gasteiger partial charge in [-0.3, -0.25) is 10.1 Å². The van der Waals surface area contributed by atoms with Crippen molar-refractivity contribution in [1.82, 2.24) is 9.88 Å². The SMILES string of the molecule is CN1CCN(c2ccc3c([N+](=O)[O-])cccc3n2)CC1. The summed E-state index contributed by atoms with van der Waals surface area (Å²) in [4.78, 5) is 19.7. The van der Waals surface area contributed by atoms with Gasteiger partial charge in [0.05, 0.1) is 15.8 Å². The number of hydrogen-bond acceptors (Lipinski definition) is 5. The molecule has 0 unspecified atom stereocenters. The van der Waals surface area contributed by atoms with E-state index in [0.717, 1.165) is 32.0 Å². The summed E-state index contributed by atoms with van der Waals surface area (Å²) in [5.74, 6) is 0.895. The van der Waals surface area contributed by atoms with Crippen molar-refractivity contribution < 1.29 is 4.92 Å². The summed E-state index contributed by atoms with van der Waals surface area (Å²) in [6, 6.07) is 8.69. The summed E-state index contributed by atoms with van der Waals surface area (Å²) < 4.78 is 0. The molecule has 0 aliphatic carbocycles. The zero-order valence-electron chi connectivity index (χ0n) is 11.3. The first kappa shape index (κ1) is 12.8. The van der Waals surface area contributed by atoms with Crippen LogP contribution in [-0.4, -0.2) is 48.0 Å². The summed E-state index contributed by atoms with van der Waals surface area (Å²) in [6.45, 7) is 3.89. The Kier molecular flexibility index (Phi) is 3.23. The minimum atomic E-state index is -0.362. The van der Waals surface area contributed by atoms with E-state index in [1.807, 2.05) is 12.1 Å². The Hall–Kier alpha value is -2.21. The maximum absolute atomic E-state index is 11.0. The second-order valence-electron chi connectivity index (χ2n) is 5.06. The number of benzene rings is 1. The maximum atomic E-state index is 11.0. The molecule has 1 aromatic carbocycles.